The van der Waals surface area contributed by atoms with Crippen molar-refractivity contribution in [1.82, 2.24) is 0 Å². The molecule has 18 heavy (non-hydrogen) atoms. The van der Waals surface area contributed by atoms with Crippen LogP contribution in [-0.2, 0) is 0 Å². The Labute approximate surface area is 119 Å². The van der Waals surface area contributed by atoms with Gasteiger partial charge in [0.25, 0.3) is 0 Å². The Morgan fingerprint density at radius 1 is 0.889 bits per heavy atom. The number of hydrogen-bond acceptors (Lipinski definition) is 2. The number of halogens is 2. The van der Waals surface area contributed by atoms with Crippen LogP contribution >= 0.6 is 23.2 Å². The van der Waals surface area contributed by atoms with Crippen LogP contribution in [0, 0.1) is 0 Å². The van der Waals surface area contributed by atoms with Gasteiger partial charge >= 0.3 is 0 Å². The quantitative estimate of drug-likeness (QED) is 0.668. The maximum absolute atomic E-state index is 8.64. The molecule has 0 saturated heterocycles. The van der Waals surface area contributed by atoms with E-state index < -0.39 is 0 Å². The fourth-order valence-electron chi connectivity index (χ4n) is 1.72. The van der Waals surface area contributed by atoms with Crippen molar-refractivity contribution in [3.05, 3.63) is 28.2 Å². The third kappa shape index (κ3) is 5.94. The minimum absolute atomic E-state index is 0.300. The van der Waals surface area contributed by atoms with Gasteiger partial charge in [0.1, 0.15) is 0 Å². The summed E-state index contributed by atoms with van der Waals surface area (Å²) in [6.07, 6.45) is 6.50. The van der Waals surface area contributed by atoms with Crippen LogP contribution in [0.2, 0.25) is 10.0 Å². The molecule has 0 unspecified atom stereocenters. The second-order valence-corrected chi connectivity index (χ2v) is 5.06. The Balaban J connectivity index is 2.11. The number of para-hydroxylation sites is 1. The SMILES string of the molecule is OCCCCCCCCOc1c(Cl)cccc1Cl. The molecule has 0 aliphatic heterocycles. The molecule has 0 bridgehead atoms. The lowest BCUT2D eigenvalue weighted by molar-refractivity contribution is 0.280. The average Bonchev–Trinajstić information content (AvgIpc) is 2.35. The molecule has 4 heteroatoms. The second kappa shape index (κ2) is 9.48. The summed E-state index contributed by atoms with van der Waals surface area (Å²) in [5.74, 6) is 0.584. The Morgan fingerprint density at radius 2 is 1.44 bits per heavy atom. The number of aliphatic hydroxyl groups is 1. The van der Waals surface area contributed by atoms with E-state index in [9.17, 15) is 0 Å². The lowest BCUT2D eigenvalue weighted by atomic mass is 10.1. The van der Waals surface area contributed by atoms with Gasteiger partial charge in [-0.2, -0.15) is 0 Å². The standard InChI is InChI=1S/C14H20Cl2O2/c15-12-8-7-9-13(16)14(12)18-11-6-4-2-1-3-5-10-17/h7-9,17H,1-6,10-11H2. The van der Waals surface area contributed by atoms with Crippen molar-refractivity contribution < 1.29 is 9.84 Å². The third-order valence-electron chi connectivity index (χ3n) is 2.72. The maximum atomic E-state index is 8.64. The molecule has 102 valence electrons. The molecule has 0 atom stereocenters. The zero-order chi connectivity index (χ0) is 13.2. The van der Waals surface area contributed by atoms with Crippen molar-refractivity contribution in [3.63, 3.8) is 0 Å². The van der Waals surface area contributed by atoms with Crippen LogP contribution < -0.4 is 4.74 Å². The summed E-state index contributed by atoms with van der Waals surface area (Å²) in [4.78, 5) is 0. The van der Waals surface area contributed by atoms with Gasteiger partial charge in [-0.1, -0.05) is 55.0 Å². The smallest absolute Gasteiger partial charge is 0.156 e. The van der Waals surface area contributed by atoms with Gasteiger partial charge in [0, 0.05) is 6.61 Å². The highest BCUT2D eigenvalue weighted by atomic mass is 35.5. The summed E-state index contributed by atoms with van der Waals surface area (Å²) < 4.78 is 5.59. The Kier molecular flexibility index (Phi) is 8.23. The summed E-state index contributed by atoms with van der Waals surface area (Å²) in [5.41, 5.74) is 0. The first-order valence-corrected chi connectivity index (χ1v) is 7.19. The minimum Gasteiger partial charge on any atom is -0.490 e. The Hall–Kier alpha value is -0.440. The van der Waals surface area contributed by atoms with Crippen LogP contribution in [0.1, 0.15) is 38.5 Å². The number of benzene rings is 1. The first kappa shape index (κ1) is 15.6. The van der Waals surface area contributed by atoms with E-state index in [2.05, 4.69) is 0 Å². The van der Waals surface area contributed by atoms with Gasteiger partial charge in [0.05, 0.1) is 16.7 Å². The molecule has 0 saturated carbocycles. The van der Waals surface area contributed by atoms with E-state index in [0.29, 0.717) is 29.0 Å². The molecule has 0 heterocycles. The highest BCUT2D eigenvalue weighted by Crippen LogP contribution is 2.32. The van der Waals surface area contributed by atoms with Crippen molar-refractivity contribution in [2.24, 2.45) is 0 Å². The van der Waals surface area contributed by atoms with Gasteiger partial charge in [-0.3, -0.25) is 0 Å². The summed E-state index contributed by atoms with van der Waals surface area (Å²) in [6.45, 7) is 0.942. The highest BCUT2D eigenvalue weighted by molar-refractivity contribution is 6.37. The first-order chi connectivity index (χ1) is 8.75. The molecule has 0 aliphatic rings. The van der Waals surface area contributed by atoms with E-state index in [1.165, 1.54) is 12.8 Å². The van der Waals surface area contributed by atoms with Crippen LogP contribution in [0.5, 0.6) is 5.75 Å². The number of aliphatic hydroxyl groups excluding tert-OH is 1. The Bertz CT molecular complexity index is 322. The molecule has 1 aromatic carbocycles. The number of ether oxygens (including phenoxy) is 1. The van der Waals surface area contributed by atoms with E-state index in [4.69, 9.17) is 33.0 Å². The molecular formula is C14H20Cl2O2. The van der Waals surface area contributed by atoms with Gasteiger partial charge in [0.2, 0.25) is 0 Å². The van der Waals surface area contributed by atoms with Gasteiger partial charge < -0.3 is 9.84 Å². The van der Waals surface area contributed by atoms with E-state index in [1.807, 2.05) is 0 Å². The molecule has 1 N–H and O–H groups in total. The molecule has 0 spiro atoms. The second-order valence-electron chi connectivity index (χ2n) is 4.24. The van der Waals surface area contributed by atoms with Crippen molar-refractivity contribution in [2.45, 2.75) is 38.5 Å². The van der Waals surface area contributed by atoms with E-state index in [1.54, 1.807) is 18.2 Å². The fraction of sp³-hybridized carbons (Fsp3) is 0.571. The van der Waals surface area contributed by atoms with Gasteiger partial charge in [-0.15, -0.1) is 0 Å². The maximum Gasteiger partial charge on any atom is 0.156 e. The van der Waals surface area contributed by atoms with Crippen molar-refractivity contribution in [1.29, 1.82) is 0 Å². The van der Waals surface area contributed by atoms with Crippen molar-refractivity contribution >= 4 is 23.2 Å². The van der Waals surface area contributed by atoms with Crippen LogP contribution in [0.4, 0.5) is 0 Å². The molecule has 1 aromatic rings. The lowest BCUT2D eigenvalue weighted by Gasteiger charge is -2.09. The van der Waals surface area contributed by atoms with E-state index >= 15 is 0 Å². The summed E-state index contributed by atoms with van der Waals surface area (Å²) in [7, 11) is 0. The largest absolute Gasteiger partial charge is 0.490 e. The predicted molar refractivity (Wildman–Crippen MR) is 76.7 cm³/mol. The molecule has 0 aromatic heterocycles. The zero-order valence-corrected chi connectivity index (χ0v) is 12.0. The first-order valence-electron chi connectivity index (χ1n) is 6.43. The van der Waals surface area contributed by atoms with Crippen LogP contribution in [0.25, 0.3) is 0 Å². The molecule has 0 fully saturated rings. The predicted octanol–water partition coefficient (Wildman–Crippen LogP) is 4.71. The molecule has 0 aliphatic carbocycles. The normalized spacial score (nSPS) is 10.6. The Morgan fingerprint density at radius 3 is 2.06 bits per heavy atom. The van der Waals surface area contributed by atoms with Gasteiger partial charge in [-0.05, 0) is 25.0 Å². The van der Waals surface area contributed by atoms with E-state index in [-0.39, 0.29) is 0 Å². The van der Waals surface area contributed by atoms with Crippen molar-refractivity contribution in [2.75, 3.05) is 13.2 Å². The summed E-state index contributed by atoms with van der Waals surface area (Å²) >= 11 is 12.0. The van der Waals surface area contributed by atoms with Crippen LogP contribution in [0.3, 0.4) is 0 Å². The topological polar surface area (TPSA) is 29.5 Å². The number of unbranched alkanes of at least 4 members (excludes halogenated alkanes) is 5. The van der Waals surface area contributed by atoms with Crippen LogP contribution in [-0.4, -0.2) is 18.3 Å². The average molecular weight is 291 g/mol. The molecule has 0 radical (unpaired) electrons. The summed E-state index contributed by atoms with van der Waals surface area (Å²) in [6, 6.07) is 5.36. The summed E-state index contributed by atoms with van der Waals surface area (Å²) in [5, 5.41) is 9.76. The van der Waals surface area contributed by atoms with Gasteiger partial charge in [-0.25, -0.2) is 0 Å². The molecule has 0 amide bonds. The van der Waals surface area contributed by atoms with Crippen molar-refractivity contribution in [3.8, 4) is 5.75 Å². The highest BCUT2D eigenvalue weighted by Gasteiger charge is 2.05. The fourth-order valence-corrected chi connectivity index (χ4v) is 2.22. The molecular weight excluding hydrogens is 271 g/mol. The molecule has 2 nitrogen and oxygen atoms in total. The lowest BCUT2D eigenvalue weighted by Crippen LogP contribution is -1.98. The number of rotatable bonds is 9. The number of hydrogen-bond donors (Lipinski definition) is 1. The monoisotopic (exact) mass is 290 g/mol. The third-order valence-corrected chi connectivity index (χ3v) is 3.31. The molecule has 1 rings (SSSR count). The zero-order valence-electron chi connectivity index (χ0n) is 10.5. The minimum atomic E-state index is 0.300. The van der Waals surface area contributed by atoms with Gasteiger partial charge in [0.15, 0.2) is 5.75 Å². The van der Waals surface area contributed by atoms with Crippen LogP contribution in [0.15, 0.2) is 18.2 Å². The van der Waals surface area contributed by atoms with E-state index in [0.717, 1.165) is 25.7 Å².